The second-order valence-electron chi connectivity index (χ2n) is 5.84. The zero-order valence-electron chi connectivity index (χ0n) is 14.1. The predicted octanol–water partition coefficient (Wildman–Crippen LogP) is 2.70. The van der Waals surface area contributed by atoms with Crippen LogP contribution < -0.4 is 10.5 Å². The van der Waals surface area contributed by atoms with Gasteiger partial charge >= 0.3 is 0 Å². The fourth-order valence-electron chi connectivity index (χ4n) is 2.28. The van der Waals surface area contributed by atoms with Crippen LogP contribution >= 0.6 is 15.9 Å². The first kappa shape index (κ1) is 20.5. The molecule has 0 aliphatic carbocycles. The van der Waals surface area contributed by atoms with Crippen LogP contribution in [0.15, 0.2) is 51.8 Å². The lowest BCUT2D eigenvalue weighted by molar-refractivity contribution is -0.116. The molecule has 1 amide bonds. The van der Waals surface area contributed by atoms with Gasteiger partial charge in [-0.05, 0) is 49.5 Å². The summed E-state index contributed by atoms with van der Waals surface area (Å²) in [5.41, 5.74) is 1.02. The molecule has 0 fully saturated rings. The van der Waals surface area contributed by atoms with Gasteiger partial charge in [0.15, 0.2) is 0 Å². The lowest BCUT2D eigenvalue weighted by Crippen LogP contribution is -2.24. The van der Waals surface area contributed by atoms with Crippen molar-refractivity contribution in [2.24, 2.45) is 5.14 Å². The summed E-state index contributed by atoms with van der Waals surface area (Å²) >= 11 is 3.31. The average molecular weight is 444 g/mol. The van der Waals surface area contributed by atoms with Gasteiger partial charge in [-0.1, -0.05) is 15.9 Å². The minimum atomic E-state index is -3.76. The Kier molecular flexibility index (Phi) is 6.87. The first-order chi connectivity index (χ1) is 12.1. The van der Waals surface area contributed by atoms with E-state index in [-0.39, 0.29) is 23.0 Å². The summed E-state index contributed by atoms with van der Waals surface area (Å²) in [6.45, 7) is 0.814. The van der Waals surface area contributed by atoms with E-state index < -0.39 is 10.0 Å². The van der Waals surface area contributed by atoms with Crippen molar-refractivity contribution < 1.29 is 17.6 Å². The SMILES string of the molecule is CN(CCC(=O)Nc1ccc(S(N)(=O)=O)cc1)Cc1cc(Br)ccc1F. The van der Waals surface area contributed by atoms with E-state index in [4.69, 9.17) is 5.14 Å². The van der Waals surface area contributed by atoms with E-state index in [0.717, 1.165) is 4.47 Å². The summed E-state index contributed by atoms with van der Waals surface area (Å²) in [6.07, 6.45) is 0.211. The molecule has 0 aliphatic rings. The molecule has 0 bridgehead atoms. The molecule has 9 heteroatoms. The molecule has 0 saturated heterocycles. The summed E-state index contributed by atoms with van der Waals surface area (Å²) < 4.78 is 36.9. The molecule has 0 aliphatic heterocycles. The van der Waals surface area contributed by atoms with Crippen LogP contribution in [0.3, 0.4) is 0 Å². The molecular weight excluding hydrogens is 425 g/mol. The molecule has 0 aromatic heterocycles. The minimum absolute atomic E-state index is 0.0220. The van der Waals surface area contributed by atoms with E-state index in [1.807, 2.05) is 4.90 Å². The van der Waals surface area contributed by atoms with Gasteiger partial charge in [-0.15, -0.1) is 0 Å². The van der Waals surface area contributed by atoms with Gasteiger partial charge in [-0.2, -0.15) is 0 Å². The van der Waals surface area contributed by atoms with E-state index in [1.54, 1.807) is 19.2 Å². The average Bonchev–Trinajstić information content (AvgIpc) is 2.56. The summed E-state index contributed by atoms with van der Waals surface area (Å²) in [6, 6.07) is 10.3. The summed E-state index contributed by atoms with van der Waals surface area (Å²) in [5.74, 6) is -0.519. The molecule has 0 saturated carbocycles. The van der Waals surface area contributed by atoms with E-state index in [1.165, 1.54) is 30.3 Å². The maximum Gasteiger partial charge on any atom is 0.238 e. The molecule has 2 aromatic carbocycles. The van der Waals surface area contributed by atoms with Crippen molar-refractivity contribution >= 4 is 37.5 Å². The van der Waals surface area contributed by atoms with Gasteiger partial charge in [-0.25, -0.2) is 17.9 Å². The molecule has 0 unspecified atom stereocenters. The molecule has 0 heterocycles. The molecule has 6 nitrogen and oxygen atoms in total. The number of rotatable bonds is 7. The van der Waals surface area contributed by atoms with Gasteiger partial charge < -0.3 is 10.2 Å². The highest BCUT2D eigenvalue weighted by molar-refractivity contribution is 9.10. The number of carbonyl (C=O) groups is 1. The Bertz CT molecular complexity index is 889. The summed E-state index contributed by atoms with van der Waals surface area (Å²) in [5, 5.41) is 7.70. The Balaban J connectivity index is 1.85. The monoisotopic (exact) mass is 443 g/mol. The quantitative estimate of drug-likeness (QED) is 0.687. The lowest BCUT2D eigenvalue weighted by atomic mass is 10.2. The number of anilines is 1. The van der Waals surface area contributed by atoms with Gasteiger partial charge in [0.2, 0.25) is 15.9 Å². The van der Waals surface area contributed by atoms with Crippen LogP contribution in [0, 0.1) is 5.82 Å². The number of benzene rings is 2. The number of amides is 1. The van der Waals surface area contributed by atoms with E-state index in [9.17, 15) is 17.6 Å². The highest BCUT2D eigenvalue weighted by Gasteiger charge is 2.10. The number of carbonyl (C=O) groups excluding carboxylic acids is 1. The molecule has 2 rings (SSSR count). The molecule has 2 aromatic rings. The molecule has 0 radical (unpaired) electrons. The molecule has 0 spiro atoms. The minimum Gasteiger partial charge on any atom is -0.326 e. The smallest absolute Gasteiger partial charge is 0.238 e. The zero-order chi connectivity index (χ0) is 19.3. The van der Waals surface area contributed by atoms with Crippen molar-refractivity contribution in [3.63, 3.8) is 0 Å². The molecule has 3 N–H and O–H groups in total. The number of nitrogens with one attached hydrogen (secondary N) is 1. The molecule has 140 valence electrons. The maximum atomic E-state index is 13.8. The second-order valence-corrected chi connectivity index (χ2v) is 8.32. The van der Waals surface area contributed by atoms with Crippen molar-refractivity contribution in [2.75, 3.05) is 18.9 Å². The molecule has 26 heavy (non-hydrogen) atoms. The third-order valence-electron chi connectivity index (χ3n) is 3.64. The Morgan fingerprint density at radius 3 is 2.50 bits per heavy atom. The van der Waals surface area contributed by atoms with Crippen LogP contribution in [-0.4, -0.2) is 32.8 Å². The van der Waals surface area contributed by atoms with Crippen LogP contribution in [0.2, 0.25) is 0 Å². The van der Waals surface area contributed by atoms with Crippen LogP contribution in [0.5, 0.6) is 0 Å². The van der Waals surface area contributed by atoms with E-state index in [0.29, 0.717) is 24.3 Å². The molecular formula is C17H19BrFN3O3S. The number of nitrogens with zero attached hydrogens (tertiary/aromatic N) is 1. The second kappa shape index (κ2) is 8.72. The van der Waals surface area contributed by atoms with Crippen molar-refractivity contribution in [2.45, 2.75) is 17.9 Å². The van der Waals surface area contributed by atoms with E-state index >= 15 is 0 Å². The fourth-order valence-corrected chi connectivity index (χ4v) is 3.20. The maximum absolute atomic E-state index is 13.8. The number of sulfonamides is 1. The number of nitrogens with two attached hydrogens (primary N) is 1. The Hall–Kier alpha value is -1.81. The normalized spacial score (nSPS) is 11.6. The Labute approximate surface area is 160 Å². The van der Waals surface area contributed by atoms with Crippen LogP contribution in [-0.2, 0) is 21.4 Å². The Morgan fingerprint density at radius 1 is 1.23 bits per heavy atom. The predicted molar refractivity (Wildman–Crippen MR) is 101 cm³/mol. The lowest BCUT2D eigenvalue weighted by Gasteiger charge is -2.17. The van der Waals surface area contributed by atoms with Crippen LogP contribution in [0.4, 0.5) is 10.1 Å². The third kappa shape index (κ3) is 6.17. The summed E-state index contributed by atoms with van der Waals surface area (Å²) in [7, 11) is -1.96. The van der Waals surface area contributed by atoms with Gasteiger partial charge in [-0.3, -0.25) is 4.79 Å². The van der Waals surface area contributed by atoms with Gasteiger partial charge in [0.05, 0.1) is 4.90 Å². The summed E-state index contributed by atoms with van der Waals surface area (Å²) in [4.78, 5) is 13.8. The van der Waals surface area contributed by atoms with Gasteiger partial charge in [0.25, 0.3) is 0 Å². The topological polar surface area (TPSA) is 92.5 Å². The fraction of sp³-hybridized carbons (Fsp3) is 0.235. The zero-order valence-corrected chi connectivity index (χ0v) is 16.5. The van der Waals surface area contributed by atoms with Gasteiger partial charge in [0.1, 0.15) is 5.82 Å². The van der Waals surface area contributed by atoms with Gasteiger partial charge in [0, 0.05) is 35.2 Å². The largest absolute Gasteiger partial charge is 0.326 e. The number of primary sulfonamides is 1. The third-order valence-corrected chi connectivity index (χ3v) is 5.06. The first-order valence-electron chi connectivity index (χ1n) is 7.70. The standard InChI is InChI=1S/C17H19BrFN3O3S/c1-22(11-12-10-13(18)2-7-16(12)19)9-8-17(23)21-14-3-5-15(6-4-14)26(20,24)25/h2-7,10H,8-9,11H2,1H3,(H,21,23)(H2,20,24,25). The van der Waals surface area contributed by atoms with Crippen molar-refractivity contribution in [3.05, 3.63) is 58.3 Å². The Morgan fingerprint density at radius 2 is 1.88 bits per heavy atom. The van der Waals surface area contributed by atoms with Crippen LogP contribution in [0.25, 0.3) is 0 Å². The highest BCUT2D eigenvalue weighted by atomic mass is 79.9. The van der Waals surface area contributed by atoms with E-state index in [2.05, 4.69) is 21.2 Å². The number of hydrogen-bond donors (Lipinski definition) is 2. The number of halogens is 2. The van der Waals surface area contributed by atoms with Crippen molar-refractivity contribution in [1.82, 2.24) is 4.90 Å². The first-order valence-corrected chi connectivity index (χ1v) is 10.0. The van der Waals surface area contributed by atoms with Crippen molar-refractivity contribution in [1.29, 1.82) is 0 Å². The highest BCUT2D eigenvalue weighted by Crippen LogP contribution is 2.17. The van der Waals surface area contributed by atoms with Crippen molar-refractivity contribution in [3.8, 4) is 0 Å². The molecule has 0 atom stereocenters. The van der Waals surface area contributed by atoms with Crippen LogP contribution in [0.1, 0.15) is 12.0 Å². The number of hydrogen-bond acceptors (Lipinski definition) is 4.